The van der Waals surface area contributed by atoms with Gasteiger partial charge in [0.15, 0.2) is 5.96 Å². The molecule has 3 nitrogen and oxygen atoms in total. The fraction of sp³-hybridized carbons (Fsp3) is 0.545. The molecule has 0 bridgehead atoms. The molecule has 1 aromatic heterocycles. The highest BCUT2D eigenvalue weighted by atomic mass is 127. The lowest BCUT2D eigenvalue weighted by molar-refractivity contribution is 0.766. The van der Waals surface area contributed by atoms with E-state index in [1.807, 2.05) is 7.05 Å². The van der Waals surface area contributed by atoms with Gasteiger partial charge < -0.3 is 10.6 Å². The Kier molecular flexibility index (Phi) is 5.54. The molecule has 0 radical (unpaired) electrons. The van der Waals surface area contributed by atoms with Gasteiger partial charge in [-0.15, -0.1) is 35.3 Å². The van der Waals surface area contributed by atoms with Crippen molar-refractivity contribution in [3.8, 4) is 0 Å². The maximum absolute atomic E-state index is 4.20. The SMILES string of the molecule is CN=C(NCc1cccs1)NC1CC1C.I. The monoisotopic (exact) mass is 351 g/mol. The van der Waals surface area contributed by atoms with E-state index in [0.29, 0.717) is 6.04 Å². The van der Waals surface area contributed by atoms with E-state index in [0.717, 1.165) is 18.4 Å². The molecule has 1 heterocycles. The summed E-state index contributed by atoms with van der Waals surface area (Å²) in [5, 5.41) is 8.80. The number of halogens is 1. The lowest BCUT2D eigenvalue weighted by Crippen LogP contribution is -2.38. The molecule has 0 saturated heterocycles. The third kappa shape index (κ3) is 3.93. The second-order valence-electron chi connectivity index (χ2n) is 3.97. The minimum atomic E-state index is 0. The van der Waals surface area contributed by atoms with Crippen LogP contribution in [0.4, 0.5) is 0 Å². The lowest BCUT2D eigenvalue weighted by Gasteiger charge is -2.10. The first-order valence-electron chi connectivity index (χ1n) is 5.29. The number of thiophene rings is 1. The van der Waals surface area contributed by atoms with E-state index in [9.17, 15) is 0 Å². The van der Waals surface area contributed by atoms with Crippen LogP contribution in [0.1, 0.15) is 18.2 Å². The number of hydrogen-bond acceptors (Lipinski definition) is 2. The van der Waals surface area contributed by atoms with Gasteiger partial charge in [-0.2, -0.15) is 0 Å². The molecular weight excluding hydrogens is 333 g/mol. The Morgan fingerprint density at radius 1 is 1.62 bits per heavy atom. The molecule has 2 atom stereocenters. The van der Waals surface area contributed by atoms with Crippen LogP contribution < -0.4 is 10.6 Å². The molecule has 5 heteroatoms. The van der Waals surface area contributed by atoms with Crippen LogP contribution in [-0.2, 0) is 6.54 Å². The molecular formula is C11H18IN3S. The predicted octanol–water partition coefficient (Wildman–Crippen LogP) is 2.44. The molecule has 0 aromatic carbocycles. The molecule has 1 aromatic rings. The van der Waals surface area contributed by atoms with E-state index in [2.05, 4.69) is 40.1 Å². The Morgan fingerprint density at radius 2 is 2.38 bits per heavy atom. The van der Waals surface area contributed by atoms with Crippen molar-refractivity contribution in [2.75, 3.05) is 7.05 Å². The summed E-state index contributed by atoms with van der Waals surface area (Å²) in [6, 6.07) is 4.82. The van der Waals surface area contributed by atoms with Crippen LogP contribution in [0.25, 0.3) is 0 Å². The van der Waals surface area contributed by atoms with Crippen molar-refractivity contribution in [3.05, 3.63) is 22.4 Å². The van der Waals surface area contributed by atoms with Gasteiger partial charge in [-0.25, -0.2) is 0 Å². The fourth-order valence-electron chi connectivity index (χ4n) is 1.48. The average molecular weight is 351 g/mol. The van der Waals surface area contributed by atoms with Crippen LogP contribution in [-0.4, -0.2) is 19.0 Å². The summed E-state index contributed by atoms with van der Waals surface area (Å²) in [5.74, 6) is 1.71. The summed E-state index contributed by atoms with van der Waals surface area (Å²) in [7, 11) is 1.82. The quantitative estimate of drug-likeness (QED) is 0.499. The Bertz CT molecular complexity index is 337. The van der Waals surface area contributed by atoms with Crippen molar-refractivity contribution in [3.63, 3.8) is 0 Å². The first kappa shape index (κ1) is 13.8. The number of nitrogens with zero attached hydrogens (tertiary/aromatic N) is 1. The third-order valence-corrected chi connectivity index (χ3v) is 3.54. The van der Waals surface area contributed by atoms with Crippen molar-refractivity contribution in [2.45, 2.75) is 25.9 Å². The van der Waals surface area contributed by atoms with E-state index in [-0.39, 0.29) is 24.0 Å². The van der Waals surface area contributed by atoms with Gasteiger partial charge in [0, 0.05) is 18.0 Å². The van der Waals surface area contributed by atoms with Gasteiger partial charge >= 0.3 is 0 Å². The number of rotatable bonds is 3. The summed E-state index contributed by atoms with van der Waals surface area (Å²) in [6.07, 6.45) is 1.26. The van der Waals surface area contributed by atoms with Crippen molar-refractivity contribution >= 4 is 41.3 Å². The maximum atomic E-state index is 4.20. The Morgan fingerprint density at radius 3 is 2.88 bits per heavy atom. The maximum Gasteiger partial charge on any atom is 0.191 e. The smallest absolute Gasteiger partial charge is 0.191 e. The Hall–Kier alpha value is -0.300. The minimum Gasteiger partial charge on any atom is -0.353 e. The molecule has 1 saturated carbocycles. The van der Waals surface area contributed by atoms with Crippen LogP contribution >= 0.6 is 35.3 Å². The predicted molar refractivity (Wildman–Crippen MR) is 80.6 cm³/mol. The minimum absolute atomic E-state index is 0. The molecule has 1 aliphatic rings. The zero-order chi connectivity index (χ0) is 10.7. The van der Waals surface area contributed by atoms with E-state index in [1.54, 1.807) is 11.3 Å². The highest BCUT2D eigenvalue weighted by molar-refractivity contribution is 14.0. The van der Waals surface area contributed by atoms with E-state index in [4.69, 9.17) is 0 Å². The third-order valence-electron chi connectivity index (χ3n) is 2.67. The molecule has 2 unspecified atom stereocenters. The summed E-state index contributed by atoms with van der Waals surface area (Å²) in [4.78, 5) is 5.54. The molecule has 16 heavy (non-hydrogen) atoms. The standard InChI is InChI=1S/C11H17N3S.HI/c1-8-6-10(8)14-11(12-2)13-7-9-4-3-5-15-9;/h3-5,8,10H,6-7H2,1-2H3,(H2,12,13,14);1H. The van der Waals surface area contributed by atoms with Crippen LogP contribution in [0.5, 0.6) is 0 Å². The summed E-state index contributed by atoms with van der Waals surface area (Å²) in [6.45, 7) is 3.11. The topological polar surface area (TPSA) is 36.4 Å². The normalized spacial score (nSPS) is 23.5. The summed E-state index contributed by atoms with van der Waals surface area (Å²) < 4.78 is 0. The van der Waals surface area contributed by atoms with Gasteiger partial charge in [-0.05, 0) is 23.8 Å². The Labute approximate surface area is 118 Å². The molecule has 1 fully saturated rings. The first-order chi connectivity index (χ1) is 7.29. The molecule has 0 amide bonds. The lowest BCUT2D eigenvalue weighted by atomic mass is 10.4. The molecule has 90 valence electrons. The summed E-state index contributed by atoms with van der Waals surface area (Å²) >= 11 is 1.77. The first-order valence-corrected chi connectivity index (χ1v) is 6.17. The number of hydrogen-bond donors (Lipinski definition) is 2. The number of guanidine groups is 1. The fourth-order valence-corrected chi connectivity index (χ4v) is 2.12. The highest BCUT2D eigenvalue weighted by Gasteiger charge is 2.33. The summed E-state index contributed by atoms with van der Waals surface area (Å²) in [5.41, 5.74) is 0. The van der Waals surface area contributed by atoms with Gasteiger partial charge in [-0.1, -0.05) is 13.0 Å². The zero-order valence-electron chi connectivity index (χ0n) is 9.56. The zero-order valence-corrected chi connectivity index (χ0v) is 12.7. The molecule has 0 aliphatic heterocycles. The van der Waals surface area contributed by atoms with Crippen LogP contribution in [0.3, 0.4) is 0 Å². The second kappa shape index (κ2) is 6.44. The van der Waals surface area contributed by atoms with E-state index in [1.165, 1.54) is 11.3 Å². The molecule has 1 aliphatic carbocycles. The molecule has 0 spiro atoms. The molecule has 2 N–H and O–H groups in total. The number of nitrogens with one attached hydrogen (secondary N) is 2. The average Bonchev–Trinajstić information content (AvgIpc) is 2.74. The van der Waals surface area contributed by atoms with E-state index >= 15 is 0 Å². The molecule has 2 rings (SSSR count). The second-order valence-corrected chi connectivity index (χ2v) is 5.00. The van der Waals surface area contributed by atoms with Gasteiger partial charge in [-0.3, -0.25) is 4.99 Å². The van der Waals surface area contributed by atoms with Crippen molar-refractivity contribution in [1.29, 1.82) is 0 Å². The highest BCUT2D eigenvalue weighted by Crippen LogP contribution is 2.28. The van der Waals surface area contributed by atoms with Crippen LogP contribution in [0, 0.1) is 5.92 Å². The van der Waals surface area contributed by atoms with Crippen molar-refractivity contribution < 1.29 is 0 Å². The number of aliphatic imine (C=N–C) groups is 1. The van der Waals surface area contributed by atoms with Crippen molar-refractivity contribution in [1.82, 2.24) is 10.6 Å². The van der Waals surface area contributed by atoms with Crippen molar-refractivity contribution in [2.24, 2.45) is 10.9 Å². The van der Waals surface area contributed by atoms with Gasteiger partial charge in [0.1, 0.15) is 0 Å². The Balaban J connectivity index is 0.00000128. The van der Waals surface area contributed by atoms with Gasteiger partial charge in [0.05, 0.1) is 6.54 Å². The van der Waals surface area contributed by atoms with Crippen LogP contribution in [0.2, 0.25) is 0 Å². The largest absolute Gasteiger partial charge is 0.353 e. The van der Waals surface area contributed by atoms with Gasteiger partial charge in [0.2, 0.25) is 0 Å². The van der Waals surface area contributed by atoms with E-state index < -0.39 is 0 Å². The van der Waals surface area contributed by atoms with Gasteiger partial charge in [0.25, 0.3) is 0 Å². The van der Waals surface area contributed by atoms with Crippen LogP contribution in [0.15, 0.2) is 22.5 Å².